The van der Waals surface area contributed by atoms with Crippen molar-refractivity contribution in [3.05, 3.63) is 95.6 Å². The molecule has 8 rings (SSSR count). The number of nitrogens with zero attached hydrogens (tertiary/aromatic N) is 7. The van der Waals surface area contributed by atoms with Crippen LogP contribution in [0.25, 0.3) is 11.3 Å². The number of hydrogen-bond donors (Lipinski definition) is 5. The van der Waals surface area contributed by atoms with Gasteiger partial charge in [-0.25, -0.2) is 9.67 Å². The second-order valence-corrected chi connectivity index (χ2v) is 16.1. The second kappa shape index (κ2) is 19.8. The molecule has 5 N–H and O–H groups in total. The van der Waals surface area contributed by atoms with Crippen molar-refractivity contribution in [1.29, 1.82) is 0 Å². The molecule has 3 aromatic heterocycles. The SMILES string of the molecule is O=C1CCC(N2C(=O)c3cccc(NCCOCCn4cc(CCCC(=O)NC5CCN(c6ncc(C(=O)Nc7ccc(OC(F)(F)Cl)cc7)cc6-c6ccn[nH]6)C5)nn4)c3C2=O)C(=O)N1. The van der Waals surface area contributed by atoms with Gasteiger partial charge < -0.3 is 30.3 Å². The predicted octanol–water partition coefficient (Wildman–Crippen LogP) is 3.73. The zero-order chi connectivity index (χ0) is 46.4. The first-order valence-electron chi connectivity index (χ1n) is 21.1. The molecule has 2 aromatic carbocycles. The number of piperidine rings is 1. The summed E-state index contributed by atoms with van der Waals surface area (Å²) in [6.07, 6.45) is 7.02. The first-order chi connectivity index (χ1) is 31.8. The molecule has 344 valence electrons. The third-order valence-corrected chi connectivity index (χ3v) is 11.1. The van der Waals surface area contributed by atoms with Gasteiger partial charge in [-0.05, 0) is 74.2 Å². The van der Waals surface area contributed by atoms with Gasteiger partial charge in [0, 0.05) is 85.6 Å². The smallest absolute Gasteiger partial charge is 0.420 e. The standard InChI is InChI=1S/C43H43ClF2N12O8/c44-43(45,46)66-29-9-7-26(8-10-29)51-39(61)25-21-31(32-13-15-49-54-32)38(48-22-25)56-17-14-27(23-56)50-35(59)6-1-3-28-24-57(55-53-28)18-20-65-19-16-47-33-5-2-4-30-37(33)42(64)58(41(30)63)34-11-12-36(60)52-40(34)62/h2,4-5,7-10,13,15,21-22,24,27,34,47H,1,3,6,11-12,14,16-20,23H2,(H,49,54)(H,50,59)(H,51,61)(H,52,60,62). The number of anilines is 3. The predicted molar refractivity (Wildman–Crippen MR) is 232 cm³/mol. The molecule has 6 amide bonds. The van der Waals surface area contributed by atoms with E-state index in [4.69, 9.17) is 16.3 Å². The summed E-state index contributed by atoms with van der Waals surface area (Å²) in [7, 11) is 0. The number of carbonyl (C=O) groups excluding carboxylic acids is 6. The van der Waals surface area contributed by atoms with E-state index in [0.29, 0.717) is 80.5 Å². The molecule has 0 bridgehead atoms. The molecular formula is C43H43ClF2N12O8. The van der Waals surface area contributed by atoms with Gasteiger partial charge in [-0.1, -0.05) is 11.3 Å². The van der Waals surface area contributed by atoms with Gasteiger partial charge in [0.2, 0.25) is 17.7 Å². The van der Waals surface area contributed by atoms with E-state index in [2.05, 4.69) is 51.5 Å². The van der Waals surface area contributed by atoms with E-state index >= 15 is 0 Å². The fourth-order valence-corrected chi connectivity index (χ4v) is 8.01. The summed E-state index contributed by atoms with van der Waals surface area (Å²) >= 11 is 4.83. The maximum atomic E-state index is 13.3. The van der Waals surface area contributed by atoms with E-state index in [1.807, 2.05) is 4.90 Å². The minimum atomic E-state index is -3.86. The van der Waals surface area contributed by atoms with Crippen LogP contribution < -0.4 is 30.9 Å². The van der Waals surface area contributed by atoms with Crippen molar-refractivity contribution in [2.24, 2.45) is 0 Å². The monoisotopic (exact) mass is 928 g/mol. The fourth-order valence-electron chi connectivity index (χ4n) is 7.92. The van der Waals surface area contributed by atoms with Crippen molar-refractivity contribution < 1.29 is 47.0 Å². The Morgan fingerprint density at radius 2 is 1.83 bits per heavy atom. The van der Waals surface area contributed by atoms with Gasteiger partial charge >= 0.3 is 5.57 Å². The number of imide groups is 2. The summed E-state index contributed by atoms with van der Waals surface area (Å²) in [5.41, 5.74) is -0.476. The van der Waals surface area contributed by atoms with Crippen LogP contribution in [-0.2, 0) is 32.1 Å². The first kappa shape index (κ1) is 45.2. The van der Waals surface area contributed by atoms with Crippen LogP contribution in [0, 0.1) is 0 Å². The van der Waals surface area contributed by atoms with Crippen LogP contribution in [0.4, 0.5) is 26.0 Å². The van der Waals surface area contributed by atoms with Gasteiger partial charge in [-0.15, -0.1) is 13.9 Å². The molecule has 2 fully saturated rings. The molecule has 6 heterocycles. The second-order valence-electron chi connectivity index (χ2n) is 15.6. The van der Waals surface area contributed by atoms with Gasteiger partial charge in [0.1, 0.15) is 17.6 Å². The number of aromatic nitrogens is 6. The van der Waals surface area contributed by atoms with E-state index in [-0.39, 0.29) is 60.3 Å². The zero-order valence-electron chi connectivity index (χ0n) is 35.1. The fraction of sp³-hybridized carbons (Fsp3) is 0.349. The Balaban J connectivity index is 0.745. The molecule has 0 saturated carbocycles. The number of H-pyrrole nitrogens is 1. The van der Waals surface area contributed by atoms with Crippen molar-refractivity contribution in [3.8, 4) is 17.0 Å². The number of hydrogen-bond acceptors (Lipinski definition) is 14. The first-order valence-corrected chi connectivity index (χ1v) is 21.4. The molecule has 3 aliphatic rings. The van der Waals surface area contributed by atoms with E-state index in [0.717, 1.165) is 10.6 Å². The van der Waals surface area contributed by atoms with E-state index in [1.165, 1.54) is 36.5 Å². The molecule has 20 nitrogen and oxygen atoms in total. The molecule has 66 heavy (non-hydrogen) atoms. The van der Waals surface area contributed by atoms with Crippen molar-refractivity contribution in [3.63, 3.8) is 0 Å². The molecule has 0 radical (unpaired) electrons. The molecule has 0 aliphatic carbocycles. The summed E-state index contributed by atoms with van der Waals surface area (Å²) in [5, 5.41) is 26.5. The number of aromatic amines is 1. The number of carbonyl (C=O) groups is 6. The van der Waals surface area contributed by atoms with E-state index < -0.39 is 41.1 Å². The van der Waals surface area contributed by atoms with Crippen LogP contribution in [0.2, 0.25) is 0 Å². The highest BCUT2D eigenvalue weighted by Gasteiger charge is 2.45. The third kappa shape index (κ3) is 10.8. The number of aryl methyl sites for hydroxylation is 1. The lowest BCUT2D eigenvalue weighted by Crippen LogP contribution is -2.54. The van der Waals surface area contributed by atoms with Crippen molar-refractivity contribution in [2.75, 3.05) is 48.4 Å². The number of pyridine rings is 1. The Bertz CT molecular complexity index is 2620. The Morgan fingerprint density at radius 3 is 2.61 bits per heavy atom. The minimum Gasteiger partial charge on any atom is -0.420 e. The topological polar surface area (TPSA) is 248 Å². The lowest BCUT2D eigenvalue weighted by atomic mass is 10.0. The molecule has 3 aliphatic heterocycles. The molecule has 5 aromatic rings. The summed E-state index contributed by atoms with van der Waals surface area (Å²) in [4.78, 5) is 84.1. The van der Waals surface area contributed by atoms with Crippen LogP contribution in [-0.4, -0.2) is 121 Å². The van der Waals surface area contributed by atoms with Crippen molar-refractivity contribution in [1.82, 2.24) is 45.7 Å². The maximum Gasteiger partial charge on any atom is 0.487 e. The largest absolute Gasteiger partial charge is 0.487 e. The normalized spacial score (nSPS) is 17.2. The lowest BCUT2D eigenvalue weighted by Gasteiger charge is -2.27. The zero-order valence-corrected chi connectivity index (χ0v) is 35.9. The minimum absolute atomic E-state index is 0.0385. The number of alkyl halides is 3. The van der Waals surface area contributed by atoms with E-state index in [9.17, 15) is 37.5 Å². The quantitative estimate of drug-likeness (QED) is 0.0450. The van der Waals surface area contributed by atoms with Crippen LogP contribution >= 0.6 is 11.6 Å². The number of halogens is 3. The number of rotatable bonds is 19. The Morgan fingerprint density at radius 1 is 1.00 bits per heavy atom. The summed E-state index contributed by atoms with van der Waals surface area (Å²) in [6.45, 7) is 2.47. The summed E-state index contributed by atoms with van der Waals surface area (Å²) in [5.74, 6) is -2.41. The highest BCUT2D eigenvalue weighted by Crippen LogP contribution is 2.34. The number of fused-ring (bicyclic) bond motifs is 1. The molecule has 2 atom stereocenters. The molecule has 23 heteroatoms. The number of nitrogens with one attached hydrogen (secondary N) is 5. The molecule has 0 spiro atoms. The van der Waals surface area contributed by atoms with Crippen LogP contribution in [0.1, 0.15) is 68.9 Å². The highest BCUT2D eigenvalue weighted by atomic mass is 35.5. The summed E-state index contributed by atoms with van der Waals surface area (Å²) < 4.78 is 37.7. The molecule has 2 unspecified atom stereocenters. The van der Waals surface area contributed by atoms with Gasteiger partial charge in [0.05, 0.1) is 47.8 Å². The van der Waals surface area contributed by atoms with Gasteiger partial charge in [0.15, 0.2) is 0 Å². The Hall–Kier alpha value is -7.33. The van der Waals surface area contributed by atoms with Gasteiger partial charge in [-0.3, -0.25) is 44.1 Å². The molecule has 2 saturated heterocycles. The van der Waals surface area contributed by atoms with Gasteiger partial charge in [-0.2, -0.15) is 5.10 Å². The lowest BCUT2D eigenvalue weighted by molar-refractivity contribution is -0.136. The Labute approximate surface area is 379 Å². The molecular weight excluding hydrogens is 886 g/mol. The van der Waals surface area contributed by atoms with E-state index in [1.54, 1.807) is 41.3 Å². The van der Waals surface area contributed by atoms with Crippen LogP contribution in [0.5, 0.6) is 5.75 Å². The third-order valence-electron chi connectivity index (χ3n) is 11.0. The highest BCUT2D eigenvalue weighted by molar-refractivity contribution is 6.25. The maximum absolute atomic E-state index is 13.3. The van der Waals surface area contributed by atoms with Crippen molar-refractivity contribution in [2.45, 2.75) is 62.7 Å². The number of ether oxygens (including phenoxy) is 2. The van der Waals surface area contributed by atoms with Crippen LogP contribution in [0.3, 0.4) is 0 Å². The average Bonchev–Trinajstić information content (AvgIpc) is 4.12. The van der Waals surface area contributed by atoms with Gasteiger partial charge in [0.25, 0.3) is 17.7 Å². The van der Waals surface area contributed by atoms with Crippen LogP contribution in [0.15, 0.2) is 73.2 Å². The summed E-state index contributed by atoms with van der Waals surface area (Å²) in [6, 6.07) is 12.4. The Kier molecular flexibility index (Phi) is 13.6. The average molecular weight is 929 g/mol. The number of benzene rings is 2. The number of amides is 6. The van der Waals surface area contributed by atoms with Crippen molar-refractivity contribution >= 4 is 64.2 Å².